The van der Waals surface area contributed by atoms with Crippen molar-refractivity contribution in [2.45, 2.75) is 44.9 Å². The Labute approximate surface area is 217 Å². The molecule has 0 aromatic heterocycles. The van der Waals surface area contributed by atoms with Gasteiger partial charge >= 0.3 is 0 Å². The molecule has 1 aliphatic rings. The summed E-state index contributed by atoms with van der Waals surface area (Å²) in [5.41, 5.74) is 0.474. The quantitative estimate of drug-likeness (QED) is 0.382. The summed E-state index contributed by atoms with van der Waals surface area (Å²) in [6.07, 6.45) is 2.62. The normalized spacial score (nSPS) is 18.2. The van der Waals surface area contributed by atoms with E-state index in [1.54, 1.807) is 11.0 Å². The molecule has 0 bridgehead atoms. The number of piperidine rings is 1. The Balaban J connectivity index is 1.93. The van der Waals surface area contributed by atoms with Gasteiger partial charge in [-0.15, -0.1) is 0 Å². The summed E-state index contributed by atoms with van der Waals surface area (Å²) < 4.78 is 54.2. The van der Waals surface area contributed by atoms with Crippen molar-refractivity contribution in [1.29, 1.82) is 0 Å². The van der Waals surface area contributed by atoms with Crippen molar-refractivity contribution in [3.63, 3.8) is 0 Å². The van der Waals surface area contributed by atoms with E-state index in [1.807, 2.05) is 32.0 Å². The Morgan fingerprint density at radius 3 is 2.53 bits per heavy atom. The van der Waals surface area contributed by atoms with Crippen molar-refractivity contribution in [1.82, 2.24) is 4.90 Å². The molecule has 1 aliphatic heterocycles. The van der Waals surface area contributed by atoms with Crippen LogP contribution >= 0.6 is 11.6 Å². The van der Waals surface area contributed by atoms with E-state index in [9.17, 15) is 17.6 Å². The Bertz CT molecular complexity index is 1150. The molecule has 1 heterocycles. The number of ether oxygens (including phenoxy) is 2. The number of benzene rings is 2. The van der Waals surface area contributed by atoms with Crippen LogP contribution in [-0.4, -0.2) is 58.4 Å². The average molecular weight is 542 g/mol. The molecule has 1 fully saturated rings. The van der Waals surface area contributed by atoms with Crippen LogP contribution in [0.2, 0.25) is 5.02 Å². The van der Waals surface area contributed by atoms with Crippen molar-refractivity contribution in [3.8, 4) is 11.5 Å². The fraction of sp³-hybridized carbons (Fsp3) is 0.500. The third kappa shape index (κ3) is 7.11. The molecule has 198 valence electrons. The lowest BCUT2D eigenvalue weighted by Gasteiger charge is -2.43. The maximum Gasteiger partial charge on any atom is 0.264 e. The standard InChI is InChI=1S/C26H33ClFNO6S/c1-4-33-23-11-10-19(16-24(23)34-5-2)26(13-15-35-36(3,31)32)12-7-14-29(18-26)25(30)17-20-21(27)8-6-9-22(20)28/h6,8-11,16H,4-5,7,12-15,17-18H2,1-3H3/t26-/m1/s1. The Hall–Kier alpha value is -2.36. The molecule has 7 nitrogen and oxygen atoms in total. The summed E-state index contributed by atoms with van der Waals surface area (Å²) in [7, 11) is -3.63. The van der Waals surface area contributed by atoms with Crippen LogP contribution in [0.25, 0.3) is 0 Å². The molecule has 0 unspecified atom stereocenters. The molecule has 0 saturated carbocycles. The van der Waals surface area contributed by atoms with Gasteiger partial charge < -0.3 is 14.4 Å². The lowest BCUT2D eigenvalue weighted by molar-refractivity contribution is -0.133. The van der Waals surface area contributed by atoms with Crippen molar-refractivity contribution < 1.29 is 31.3 Å². The number of likely N-dealkylation sites (tertiary alicyclic amines) is 1. The molecule has 2 aromatic carbocycles. The third-order valence-corrected chi connectivity index (χ3v) is 7.30. The van der Waals surface area contributed by atoms with Gasteiger partial charge in [-0.3, -0.25) is 8.98 Å². The van der Waals surface area contributed by atoms with Crippen LogP contribution in [0.3, 0.4) is 0 Å². The van der Waals surface area contributed by atoms with Gasteiger partial charge in [-0.1, -0.05) is 23.7 Å². The van der Waals surface area contributed by atoms with Crippen LogP contribution in [-0.2, 0) is 30.9 Å². The highest BCUT2D eigenvalue weighted by atomic mass is 35.5. The van der Waals surface area contributed by atoms with E-state index in [-0.39, 0.29) is 29.5 Å². The van der Waals surface area contributed by atoms with Crippen LogP contribution in [0, 0.1) is 5.82 Å². The molecule has 1 saturated heterocycles. The minimum atomic E-state index is -3.63. The van der Waals surface area contributed by atoms with Gasteiger partial charge in [-0.2, -0.15) is 8.42 Å². The first-order valence-electron chi connectivity index (χ1n) is 12.0. The van der Waals surface area contributed by atoms with Crippen molar-refractivity contribution in [3.05, 3.63) is 58.4 Å². The zero-order valence-corrected chi connectivity index (χ0v) is 22.5. The Kier molecular flexibility index (Phi) is 9.60. The Morgan fingerprint density at radius 1 is 1.14 bits per heavy atom. The lowest BCUT2D eigenvalue weighted by Crippen LogP contribution is -2.49. The molecular weight excluding hydrogens is 509 g/mol. The third-order valence-electron chi connectivity index (χ3n) is 6.35. The molecule has 2 aromatic rings. The largest absolute Gasteiger partial charge is 0.490 e. The monoisotopic (exact) mass is 541 g/mol. The van der Waals surface area contributed by atoms with Gasteiger partial charge in [0.2, 0.25) is 5.91 Å². The second kappa shape index (κ2) is 12.3. The number of nitrogens with zero attached hydrogens (tertiary/aromatic N) is 1. The highest BCUT2D eigenvalue weighted by molar-refractivity contribution is 7.85. The molecular formula is C26H33ClFNO6S. The first-order chi connectivity index (χ1) is 17.1. The zero-order chi connectivity index (χ0) is 26.3. The van der Waals surface area contributed by atoms with Gasteiger partial charge in [-0.25, -0.2) is 4.39 Å². The van der Waals surface area contributed by atoms with Crippen LogP contribution in [0.4, 0.5) is 4.39 Å². The fourth-order valence-corrected chi connectivity index (χ4v) is 5.28. The number of amides is 1. The first kappa shape index (κ1) is 28.2. The number of carbonyl (C=O) groups excluding carboxylic acids is 1. The summed E-state index contributed by atoms with van der Waals surface area (Å²) in [6, 6.07) is 10.0. The van der Waals surface area contributed by atoms with Crippen LogP contribution in [0.1, 0.15) is 44.2 Å². The highest BCUT2D eigenvalue weighted by Gasteiger charge is 2.39. The van der Waals surface area contributed by atoms with Crippen LogP contribution in [0.5, 0.6) is 11.5 Å². The zero-order valence-electron chi connectivity index (χ0n) is 20.9. The van der Waals surface area contributed by atoms with E-state index in [1.165, 1.54) is 12.1 Å². The molecule has 0 spiro atoms. The number of carbonyl (C=O) groups is 1. The second-order valence-electron chi connectivity index (χ2n) is 8.88. The molecule has 0 N–H and O–H groups in total. The predicted octanol–water partition coefficient (Wildman–Crippen LogP) is 4.75. The summed E-state index contributed by atoms with van der Waals surface area (Å²) in [6.45, 7) is 5.50. The topological polar surface area (TPSA) is 82.1 Å². The van der Waals surface area contributed by atoms with Crippen LogP contribution < -0.4 is 9.47 Å². The number of hydrogen-bond acceptors (Lipinski definition) is 6. The Morgan fingerprint density at radius 2 is 1.86 bits per heavy atom. The SMILES string of the molecule is CCOc1ccc([C@@]2(CCOS(C)(=O)=O)CCCN(C(=O)Cc3c(F)cccc3Cl)C2)cc1OCC. The number of halogens is 2. The second-order valence-corrected chi connectivity index (χ2v) is 10.9. The lowest BCUT2D eigenvalue weighted by atomic mass is 9.71. The van der Waals surface area contributed by atoms with Gasteiger partial charge in [0.05, 0.1) is 32.5 Å². The van der Waals surface area contributed by atoms with Crippen molar-refractivity contribution in [2.75, 3.05) is 39.2 Å². The first-order valence-corrected chi connectivity index (χ1v) is 14.2. The molecule has 1 amide bonds. The molecule has 36 heavy (non-hydrogen) atoms. The van der Waals surface area contributed by atoms with Crippen LogP contribution in [0.15, 0.2) is 36.4 Å². The molecule has 0 radical (unpaired) electrons. The molecule has 1 atom stereocenters. The van der Waals surface area contributed by atoms with E-state index in [2.05, 4.69) is 0 Å². The van der Waals surface area contributed by atoms with Gasteiger partial charge in [-0.05, 0) is 62.9 Å². The summed E-state index contributed by atoms with van der Waals surface area (Å²) in [5, 5.41) is 0.209. The smallest absolute Gasteiger partial charge is 0.264 e. The van der Waals surface area contributed by atoms with E-state index >= 15 is 0 Å². The average Bonchev–Trinajstić information content (AvgIpc) is 2.82. The fourth-order valence-electron chi connectivity index (χ4n) is 4.66. The maximum absolute atomic E-state index is 14.3. The molecule has 10 heteroatoms. The highest BCUT2D eigenvalue weighted by Crippen LogP contribution is 2.41. The van der Waals surface area contributed by atoms with E-state index < -0.39 is 21.4 Å². The summed E-state index contributed by atoms with van der Waals surface area (Å²) >= 11 is 6.15. The van der Waals surface area contributed by atoms with Gasteiger partial charge in [0.15, 0.2) is 11.5 Å². The maximum atomic E-state index is 14.3. The summed E-state index contributed by atoms with van der Waals surface area (Å²) in [4.78, 5) is 15.0. The van der Waals surface area contributed by atoms with Crippen molar-refractivity contribution in [2.24, 2.45) is 0 Å². The molecule has 0 aliphatic carbocycles. The van der Waals surface area contributed by atoms with Gasteiger partial charge in [0, 0.05) is 29.1 Å². The van der Waals surface area contributed by atoms with Gasteiger partial charge in [0.25, 0.3) is 10.1 Å². The molecule has 3 rings (SSSR count). The minimum Gasteiger partial charge on any atom is -0.490 e. The van der Waals surface area contributed by atoms with E-state index in [0.717, 1.165) is 11.8 Å². The number of hydrogen-bond donors (Lipinski definition) is 0. The van der Waals surface area contributed by atoms with E-state index in [4.69, 9.17) is 25.3 Å². The van der Waals surface area contributed by atoms with Gasteiger partial charge in [0.1, 0.15) is 5.82 Å². The summed E-state index contributed by atoms with van der Waals surface area (Å²) in [5.74, 6) is 0.435. The van der Waals surface area contributed by atoms with E-state index in [0.29, 0.717) is 57.1 Å². The number of rotatable bonds is 11. The minimum absolute atomic E-state index is 0.0306. The predicted molar refractivity (Wildman–Crippen MR) is 137 cm³/mol. The van der Waals surface area contributed by atoms with Crippen molar-refractivity contribution >= 4 is 27.6 Å².